The summed E-state index contributed by atoms with van der Waals surface area (Å²) >= 11 is 0. The normalized spacial score (nSPS) is 13.1. The monoisotopic (exact) mass is 255 g/mol. The zero-order valence-corrected chi connectivity index (χ0v) is 9.40. The molecule has 1 aromatic carbocycles. The van der Waals surface area contributed by atoms with Crippen LogP contribution < -0.4 is 5.73 Å². The summed E-state index contributed by atoms with van der Waals surface area (Å²) in [5.74, 6) is 0.0537. The van der Waals surface area contributed by atoms with Crippen molar-refractivity contribution in [1.29, 1.82) is 0 Å². The fourth-order valence-electron chi connectivity index (χ4n) is 1.28. The van der Waals surface area contributed by atoms with Gasteiger partial charge < -0.3 is 10.8 Å². The SMILES string of the molecule is Cc1cc([C@H](N)CC(F)(F)F)ccc1O.Cl. The van der Waals surface area contributed by atoms with Crippen LogP contribution in [-0.4, -0.2) is 11.3 Å². The molecule has 0 bridgehead atoms. The Kier molecular flexibility index (Phi) is 5.09. The van der Waals surface area contributed by atoms with E-state index in [2.05, 4.69) is 0 Å². The summed E-state index contributed by atoms with van der Waals surface area (Å²) in [4.78, 5) is 0. The maximum Gasteiger partial charge on any atom is 0.390 e. The molecule has 6 heteroatoms. The van der Waals surface area contributed by atoms with Gasteiger partial charge in [-0.15, -0.1) is 12.4 Å². The van der Waals surface area contributed by atoms with Crippen molar-refractivity contribution in [3.63, 3.8) is 0 Å². The Morgan fingerprint density at radius 2 is 1.94 bits per heavy atom. The van der Waals surface area contributed by atoms with Crippen LogP contribution in [0.15, 0.2) is 18.2 Å². The third-order valence-electron chi connectivity index (χ3n) is 2.10. The van der Waals surface area contributed by atoms with E-state index in [-0.39, 0.29) is 18.2 Å². The van der Waals surface area contributed by atoms with Crippen molar-refractivity contribution < 1.29 is 18.3 Å². The van der Waals surface area contributed by atoms with Crippen LogP contribution in [0.3, 0.4) is 0 Å². The lowest BCUT2D eigenvalue weighted by molar-refractivity contribution is -0.138. The van der Waals surface area contributed by atoms with Crippen LogP contribution in [0.25, 0.3) is 0 Å². The average molecular weight is 256 g/mol. The number of aryl methyl sites for hydroxylation is 1. The third kappa shape index (κ3) is 4.28. The predicted molar refractivity (Wildman–Crippen MR) is 57.7 cm³/mol. The zero-order valence-electron chi connectivity index (χ0n) is 8.58. The van der Waals surface area contributed by atoms with Crippen molar-refractivity contribution in [2.45, 2.75) is 25.6 Å². The van der Waals surface area contributed by atoms with Crippen molar-refractivity contribution in [3.05, 3.63) is 29.3 Å². The summed E-state index contributed by atoms with van der Waals surface area (Å²) in [7, 11) is 0. The van der Waals surface area contributed by atoms with Gasteiger partial charge in [-0.3, -0.25) is 0 Å². The van der Waals surface area contributed by atoms with Crippen molar-refractivity contribution in [3.8, 4) is 5.75 Å². The molecule has 0 aliphatic carbocycles. The summed E-state index contributed by atoms with van der Waals surface area (Å²) in [6, 6.07) is 3.13. The number of benzene rings is 1. The highest BCUT2D eigenvalue weighted by Crippen LogP contribution is 2.29. The molecule has 1 atom stereocenters. The number of phenolic OH excluding ortho intramolecular Hbond substituents is 1. The minimum atomic E-state index is -4.27. The Bertz CT molecular complexity index is 354. The first-order chi connectivity index (χ1) is 6.79. The molecule has 0 radical (unpaired) electrons. The molecular formula is C10H13ClF3NO. The molecule has 1 aromatic rings. The van der Waals surface area contributed by atoms with Gasteiger partial charge in [0.2, 0.25) is 0 Å². The number of rotatable bonds is 2. The summed E-state index contributed by atoms with van der Waals surface area (Å²) in [6.45, 7) is 1.61. The molecule has 0 fully saturated rings. The first kappa shape index (κ1) is 15.1. The number of halogens is 4. The van der Waals surface area contributed by atoms with Crippen LogP contribution in [0.2, 0.25) is 0 Å². The molecule has 0 saturated heterocycles. The molecule has 0 amide bonds. The van der Waals surface area contributed by atoms with Crippen molar-refractivity contribution in [2.75, 3.05) is 0 Å². The van der Waals surface area contributed by atoms with E-state index < -0.39 is 18.6 Å². The van der Waals surface area contributed by atoms with E-state index in [4.69, 9.17) is 5.73 Å². The van der Waals surface area contributed by atoms with Crippen molar-refractivity contribution in [2.24, 2.45) is 5.73 Å². The Hall–Kier alpha value is -0.940. The summed E-state index contributed by atoms with van der Waals surface area (Å²) < 4.78 is 36.1. The lowest BCUT2D eigenvalue weighted by Crippen LogP contribution is -2.20. The van der Waals surface area contributed by atoms with E-state index >= 15 is 0 Å². The molecule has 0 aliphatic rings. The van der Waals surface area contributed by atoms with Crippen LogP contribution in [0.4, 0.5) is 13.2 Å². The molecule has 0 aliphatic heterocycles. The molecule has 0 unspecified atom stereocenters. The second-order valence-corrected chi connectivity index (χ2v) is 3.47. The van der Waals surface area contributed by atoms with Gasteiger partial charge in [-0.1, -0.05) is 12.1 Å². The summed E-state index contributed by atoms with van der Waals surface area (Å²) in [5.41, 5.74) is 6.29. The van der Waals surface area contributed by atoms with E-state index in [1.807, 2.05) is 0 Å². The number of aromatic hydroxyl groups is 1. The van der Waals surface area contributed by atoms with Crippen LogP contribution in [0.1, 0.15) is 23.6 Å². The lowest BCUT2D eigenvalue weighted by Gasteiger charge is -2.15. The van der Waals surface area contributed by atoms with Crippen molar-refractivity contribution >= 4 is 12.4 Å². The minimum absolute atomic E-state index is 0. The van der Waals surface area contributed by atoms with Gasteiger partial charge in [-0.25, -0.2) is 0 Å². The van der Waals surface area contributed by atoms with E-state index in [9.17, 15) is 18.3 Å². The molecule has 0 aromatic heterocycles. The Morgan fingerprint density at radius 3 is 2.38 bits per heavy atom. The van der Waals surface area contributed by atoms with Gasteiger partial charge in [0.05, 0.1) is 6.42 Å². The van der Waals surface area contributed by atoms with Gasteiger partial charge in [0, 0.05) is 6.04 Å². The van der Waals surface area contributed by atoms with Gasteiger partial charge in [-0.05, 0) is 24.1 Å². The topological polar surface area (TPSA) is 46.2 Å². The molecular weight excluding hydrogens is 243 g/mol. The fourth-order valence-corrected chi connectivity index (χ4v) is 1.28. The second-order valence-electron chi connectivity index (χ2n) is 3.47. The van der Waals surface area contributed by atoms with Gasteiger partial charge in [0.25, 0.3) is 0 Å². The predicted octanol–water partition coefficient (Wildman–Crippen LogP) is 3.07. The summed E-state index contributed by atoms with van der Waals surface area (Å²) in [5, 5.41) is 9.20. The molecule has 2 nitrogen and oxygen atoms in total. The maximum atomic E-state index is 12.0. The Balaban J connectivity index is 0.00000225. The van der Waals surface area contributed by atoms with Gasteiger partial charge in [0.1, 0.15) is 5.75 Å². The van der Waals surface area contributed by atoms with Gasteiger partial charge in [-0.2, -0.15) is 13.2 Å². The Morgan fingerprint density at radius 1 is 1.38 bits per heavy atom. The standard InChI is InChI=1S/C10H12F3NO.ClH/c1-6-4-7(2-3-9(6)15)8(14)5-10(11,12)13;/h2-4,8,15H,5,14H2,1H3;1H/t8-;/m1./s1. The summed E-state index contributed by atoms with van der Waals surface area (Å²) in [6.07, 6.45) is -5.33. The Labute approximate surface area is 97.7 Å². The number of hydrogen-bond donors (Lipinski definition) is 2. The fraction of sp³-hybridized carbons (Fsp3) is 0.400. The molecule has 0 saturated carbocycles. The average Bonchev–Trinajstić information content (AvgIpc) is 2.06. The van der Waals surface area contributed by atoms with Gasteiger partial charge >= 0.3 is 6.18 Å². The number of alkyl halides is 3. The van der Waals surface area contributed by atoms with E-state index in [1.54, 1.807) is 6.92 Å². The number of hydrogen-bond acceptors (Lipinski definition) is 2. The lowest BCUT2D eigenvalue weighted by atomic mass is 10.0. The van der Waals surface area contributed by atoms with E-state index in [1.165, 1.54) is 18.2 Å². The smallest absolute Gasteiger partial charge is 0.390 e. The van der Waals surface area contributed by atoms with Crippen LogP contribution >= 0.6 is 12.4 Å². The highest BCUT2D eigenvalue weighted by atomic mass is 35.5. The molecule has 1 rings (SSSR count). The first-order valence-electron chi connectivity index (χ1n) is 4.41. The molecule has 0 spiro atoms. The van der Waals surface area contributed by atoms with Gasteiger partial charge in [0.15, 0.2) is 0 Å². The first-order valence-corrected chi connectivity index (χ1v) is 4.41. The second kappa shape index (κ2) is 5.41. The number of nitrogens with two attached hydrogens (primary N) is 1. The highest BCUT2D eigenvalue weighted by molar-refractivity contribution is 5.85. The maximum absolute atomic E-state index is 12.0. The molecule has 3 N–H and O–H groups in total. The van der Waals surface area contributed by atoms with E-state index in [0.717, 1.165) is 0 Å². The van der Waals surface area contributed by atoms with Crippen molar-refractivity contribution in [1.82, 2.24) is 0 Å². The molecule has 16 heavy (non-hydrogen) atoms. The quantitative estimate of drug-likeness (QED) is 0.853. The van der Waals surface area contributed by atoms with Crippen LogP contribution in [-0.2, 0) is 0 Å². The van der Waals surface area contributed by atoms with E-state index in [0.29, 0.717) is 11.1 Å². The minimum Gasteiger partial charge on any atom is -0.508 e. The largest absolute Gasteiger partial charge is 0.508 e. The third-order valence-corrected chi connectivity index (χ3v) is 2.10. The molecule has 92 valence electrons. The highest BCUT2D eigenvalue weighted by Gasteiger charge is 2.30. The van der Waals surface area contributed by atoms with Crippen LogP contribution in [0.5, 0.6) is 5.75 Å². The molecule has 0 heterocycles. The zero-order chi connectivity index (χ0) is 11.6. The number of phenols is 1. The van der Waals surface area contributed by atoms with Crippen LogP contribution in [0, 0.1) is 6.92 Å².